The van der Waals surface area contributed by atoms with E-state index in [0.29, 0.717) is 0 Å². The summed E-state index contributed by atoms with van der Waals surface area (Å²) in [5.74, 6) is 0.814. The summed E-state index contributed by atoms with van der Waals surface area (Å²) < 4.78 is 5.51. The molecule has 2 heteroatoms. The van der Waals surface area contributed by atoms with Gasteiger partial charge in [0, 0.05) is 17.1 Å². The third kappa shape index (κ3) is 2.54. The van der Waals surface area contributed by atoms with Gasteiger partial charge >= 0.3 is 0 Å². The summed E-state index contributed by atoms with van der Waals surface area (Å²) in [7, 11) is 1.68. The van der Waals surface area contributed by atoms with Crippen LogP contribution in [0.2, 0.25) is 0 Å². The first-order valence-corrected chi connectivity index (χ1v) is 6.53. The van der Waals surface area contributed by atoms with E-state index in [2.05, 4.69) is 17.1 Å². The molecule has 20 heavy (non-hydrogen) atoms. The van der Waals surface area contributed by atoms with Crippen molar-refractivity contribution in [3.8, 4) is 0 Å². The second-order valence-electron chi connectivity index (χ2n) is 4.54. The van der Waals surface area contributed by atoms with Crippen LogP contribution in [0.15, 0.2) is 66.9 Å². The van der Waals surface area contributed by atoms with E-state index in [-0.39, 0.29) is 0 Å². The molecule has 0 saturated carbocycles. The first-order chi connectivity index (χ1) is 9.86. The maximum absolute atomic E-state index is 5.51. The van der Waals surface area contributed by atoms with Gasteiger partial charge in [-0.3, -0.25) is 4.98 Å². The van der Waals surface area contributed by atoms with Crippen molar-refractivity contribution in [1.82, 2.24) is 4.98 Å². The van der Waals surface area contributed by atoms with Gasteiger partial charge in [-0.15, -0.1) is 0 Å². The van der Waals surface area contributed by atoms with E-state index < -0.39 is 0 Å². The molecule has 0 saturated heterocycles. The first kappa shape index (κ1) is 12.4. The zero-order valence-corrected chi connectivity index (χ0v) is 11.3. The maximum Gasteiger partial charge on any atom is 0.128 e. The zero-order chi connectivity index (χ0) is 13.8. The highest BCUT2D eigenvalue weighted by atomic mass is 16.5. The molecule has 0 amide bonds. The highest BCUT2D eigenvalue weighted by molar-refractivity contribution is 5.85. The molecule has 1 heterocycles. The highest BCUT2D eigenvalue weighted by Crippen LogP contribution is 2.21. The number of methoxy groups -OCH3 is 1. The lowest BCUT2D eigenvalue weighted by Crippen LogP contribution is -1.90. The smallest absolute Gasteiger partial charge is 0.128 e. The SMILES string of the molecule is CO/C(=C/c1ccccc1)c1cnc2ccccc2c1. The Bertz CT molecular complexity index is 747. The summed E-state index contributed by atoms with van der Waals surface area (Å²) >= 11 is 0. The van der Waals surface area contributed by atoms with Crippen molar-refractivity contribution in [1.29, 1.82) is 0 Å². The molecule has 0 spiro atoms. The van der Waals surface area contributed by atoms with Crippen molar-refractivity contribution in [2.45, 2.75) is 0 Å². The molecule has 3 rings (SSSR count). The number of rotatable bonds is 3. The minimum absolute atomic E-state index is 0.814. The maximum atomic E-state index is 5.51. The monoisotopic (exact) mass is 261 g/mol. The van der Waals surface area contributed by atoms with Crippen LogP contribution >= 0.6 is 0 Å². The average molecular weight is 261 g/mol. The molecular weight excluding hydrogens is 246 g/mol. The Morgan fingerprint density at radius 3 is 2.55 bits per heavy atom. The lowest BCUT2D eigenvalue weighted by atomic mass is 10.1. The van der Waals surface area contributed by atoms with Crippen LogP contribution in [0.5, 0.6) is 0 Å². The quantitative estimate of drug-likeness (QED) is 0.653. The number of pyridine rings is 1. The fourth-order valence-corrected chi connectivity index (χ4v) is 2.17. The van der Waals surface area contributed by atoms with Gasteiger partial charge in [0.2, 0.25) is 0 Å². The molecular formula is C18H15NO. The minimum Gasteiger partial charge on any atom is -0.496 e. The summed E-state index contributed by atoms with van der Waals surface area (Å²) in [6.07, 6.45) is 3.87. The molecule has 0 aliphatic carbocycles. The second kappa shape index (κ2) is 5.57. The molecule has 2 aromatic carbocycles. The minimum atomic E-state index is 0.814. The van der Waals surface area contributed by atoms with Crippen LogP contribution in [0, 0.1) is 0 Å². The molecule has 0 unspecified atom stereocenters. The van der Waals surface area contributed by atoms with E-state index in [1.54, 1.807) is 7.11 Å². The predicted molar refractivity (Wildman–Crippen MR) is 83.1 cm³/mol. The van der Waals surface area contributed by atoms with Crippen LogP contribution in [0.3, 0.4) is 0 Å². The van der Waals surface area contributed by atoms with Crippen LogP contribution in [-0.4, -0.2) is 12.1 Å². The Balaban J connectivity index is 2.05. The van der Waals surface area contributed by atoms with Crippen molar-refractivity contribution in [2.24, 2.45) is 0 Å². The lowest BCUT2D eigenvalue weighted by Gasteiger charge is -2.07. The third-order valence-corrected chi connectivity index (χ3v) is 3.19. The fraction of sp³-hybridized carbons (Fsp3) is 0.0556. The highest BCUT2D eigenvalue weighted by Gasteiger charge is 2.04. The van der Waals surface area contributed by atoms with Crippen LogP contribution in [0.25, 0.3) is 22.7 Å². The first-order valence-electron chi connectivity index (χ1n) is 6.53. The normalized spacial score (nSPS) is 11.6. The molecule has 0 aliphatic rings. The Kier molecular flexibility index (Phi) is 3.46. The number of hydrogen-bond donors (Lipinski definition) is 0. The van der Waals surface area contributed by atoms with Gasteiger partial charge in [0.15, 0.2) is 0 Å². The van der Waals surface area contributed by atoms with Gasteiger partial charge in [-0.2, -0.15) is 0 Å². The summed E-state index contributed by atoms with van der Waals surface area (Å²) in [5, 5.41) is 1.11. The number of nitrogens with zero attached hydrogens (tertiary/aromatic N) is 1. The number of para-hydroxylation sites is 1. The lowest BCUT2D eigenvalue weighted by molar-refractivity contribution is 0.372. The Labute approximate surface area is 118 Å². The fourth-order valence-electron chi connectivity index (χ4n) is 2.17. The van der Waals surface area contributed by atoms with Crippen molar-refractivity contribution >= 4 is 22.7 Å². The molecule has 0 aliphatic heterocycles. The second-order valence-corrected chi connectivity index (χ2v) is 4.54. The number of ether oxygens (including phenoxy) is 1. The van der Waals surface area contributed by atoms with Crippen molar-refractivity contribution < 1.29 is 4.74 Å². The van der Waals surface area contributed by atoms with Crippen molar-refractivity contribution in [2.75, 3.05) is 7.11 Å². The van der Waals surface area contributed by atoms with Gasteiger partial charge in [-0.05, 0) is 23.8 Å². The van der Waals surface area contributed by atoms with Crippen LogP contribution < -0.4 is 0 Å². The molecule has 98 valence electrons. The van der Waals surface area contributed by atoms with E-state index in [9.17, 15) is 0 Å². The Morgan fingerprint density at radius 2 is 1.75 bits per heavy atom. The van der Waals surface area contributed by atoms with Gasteiger partial charge in [0.05, 0.1) is 12.6 Å². The van der Waals surface area contributed by atoms with E-state index in [1.165, 1.54) is 0 Å². The van der Waals surface area contributed by atoms with Gasteiger partial charge in [0.1, 0.15) is 5.76 Å². The van der Waals surface area contributed by atoms with Crippen LogP contribution in [0.4, 0.5) is 0 Å². The third-order valence-electron chi connectivity index (χ3n) is 3.19. The topological polar surface area (TPSA) is 22.1 Å². The largest absolute Gasteiger partial charge is 0.496 e. The van der Waals surface area contributed by atoms with E-state index in [1.807, 2.05) is 60.8 Å². The van der Waals surface area contributed by atoms with Gasteiger partial charge in [-0.1, -0.05) is 48.5 Å². The Morgan fingerprint density at radius 1 is 1.00 bits per heavy atom. The van der Waals surface area contributed by atoms with Crippen molar-refractivity contribution in [3.63, 3.8) is 0 Å². The number of aromatic nitrogens is 1. The summed E-state index contributed by atoms with van der Waals surface area (Å²) in [4.78, 5) is 4.47. The van der Waals surface area contributed by atoms with E-state index in [0.717, 1.165) is 27.8 Å². The molecule has 2 nitrogen and oxygen atoms in total. The van der Waals surface area contributed by atoms with E-state index in [4.69, 9.17) is 4.74 Å². The zero-order valence-electron chi connectivity index (χ0n) is 11.3. The summed E-state index contributed by atoms with van der Waals surface area (Å²) in [6.45, 7) is 0. The predicted octanol–water partition coefficient (Wildman–Crippen LogP) is 4.38. The van der Waals surface area contributed by atoms with Gasteiger partial charge in [-0.25, -0.2) is 0 Å². The summed E-state index contributed by atoms with van der Waals surface area (Å²) in [5.41, 5.74) is 3.08. The molecule has 0 radical (unpaired) electrons. The molecule has 3 aromatic rings. The Hall–Kier alpha value is -2.61. The van der Waals surface area contributed by atoms with Crippen LogP contribution in [0.1, 0.15) is 11.1 Å². The van der Waals surface area contributed by atoms with E-state index >= 15 is 0 Å². The van der Waals surface area contributed by atoms with Crippen molar-refractivity contribution in [3.05, 3.63) is 78.0 Å². The van der Waals surface area contributed by atoms with Crippen LogP contribution in [-0.2, 0) is 4.74 Å². The molecule has 0 bridgehead atoms. The summed E-state index contributed by atoms with van der Waals surface area (Å²) in [6, 6.07) is 20.3. The van der Waals surface area contributed by atoms with Gasteiger partial charge in [0.25, 0.3) is 0 Å². The van der Waals surface area contributed by atoms with Gasteiger partial charge < -0.3 is 4.74 Å². The average Bonchev–Trinajstić information content (AvgIpc) is 2.53. The molecule has 0 fully saturated rings. The standard InChI is InChI=1S/C18H15NO/c1-20-18(11-14-7-3-2-4-8-14)16-12-15-9-5-6-10-17(15)19-13-16/h2-13H,1H3/b18-11+. The molecule has 1 aromatic heterocycles. The number of benzene rings is 2. The molecule has 0 atom stereocenters. The number of fused-ring (bicyclic) bond motifs is 1. The number of hydrogen-bond acceptors (Lipinski definition) is 2. The molecule has 0 N–H and O–H groups in total.